The van der Waals surface area contributed by atoms with Crippen LogP contribution in [0.3, 0.4) is 0 Å². The highest BCUT2D eigenvalue weighted by Gasteiger charge is 2.09. The number of aliphatic hydroxyl groups is 1. The highest BCUT2D eigenvalue weighted by atomic mass is 16.5. The number of amides is 1. The largest absolute Gasteiger partial charge is 0.493 e. The van der Waals surface area contributed by atoms with Gasteiger partial charge in [0.2, 0.25) is 0 Å². The van der Waals surface area contributed by atoms with Gasteiger partial charge in [-0.3, -0.25) is 4.79 Å². The van der Waals surface area contributed by atoms with Crippen LogP contribution in [0.25, 0.3) is 0 Å². The Balaban J connectivity index is 1.97. The molecule has 32 heavy (non-hydrogen) atoms. The van der Waals surface area contributed by atoms with E-state index < -0.39 is 0 Å². The number of carbonyl (C=O) groups excluding carboxylic acids is 1. The van der Waals surface area contributed by atoms with E-state index in [1.54, 1.807) is 26.1 Å². The van der Waals surface area contributed by atoms with E-state index in [1.165, 1.54) is 0 Å². The zero-order chi connectivity index (χ0) is 23.3. The fraction of sp³-hybridized carbons (Fsp3) is 0.417. The molecule has 0 saturated heterocycles. The van der Waals surface area contributed by atoms with E-state index in [1.807, 2.05) is 49.4 Å². The number of aliphatic imine (C=N–C) groups is 1. The topological polar surface area (TPSA) is 95.4 Å². The Hall–Kier alpha value is -3.26. The van der Waals surface area contributed by atoms with Crippen molar-refractivity contribution in [2.75, 3.05) is 47.5 Å². The van der Waals surface area contributed by atoms with Crippen molar-refractivity contribution < 1.29 is 19.4 Å². The van der Waals surface area contributed by atoms with Crippen molar-refractivity contribution in [2.24, 2.45) is 4.99 Å². The number of nitrogens with one attached hydrogen (secondary N) is 2. The molecule has 0 aliphatic carbocycles. The van der Waals surface area contributed by atoms with E-state index in [9.17, 15) is 4.79 Å². The van der Waals surface area contributed by atoms with E-state index in [2.05, 4.69) is 15.6 Å². The van der Waals surface area contributed by atoms with E-state index >= 15 is 0 Å². The molecule has 0 unspecified atom stereocenters. The van der Waals surface area contributed by atoms with Crippen LogP contribution >= 0.6 is 0 Å². The van der Waals surface area contributed by atoms with Crippen LogP contribution < -0.4 is 20.1 Å². The number of ether oxygens (including phenoxy) is 2. The lowest BCUT2D eigenvalue weighted by atomic mass is 10.1. The van der Waals surface area contributed by atoms with Crippen molar-refractivity contribution in [1.29, 1.82) is 0 Å². The Kier molecular flexibility index (Phi) is 10.3. The van der Waals surface area contributed by atoms with Crippen LogP contribution in [-0.2, 0) is 13.0 Å². The molecular formula is C24H34N4O4. The molecule has 0 spiro atoms. The molecule has 2 aromatic rings. The van der Waals surface area contributed by atoms with E-state index in [4.69, 9.17) is 14.6 Å². The van der Waals surface area contributed by atoms with E-state index in [-0.39, 0.29) is 19.1 Å². The number of benzene rings is 2. The van der Waals surface area contributed by atoms with Gasteiger partial charge in [0.05, 0.1) is 20.3 Å². The number of hydrogen-bond acceptors (Lipinski definition) is 5. The first-order valence-corrected chi connectivity index (χ1v) is 10.7. The molecular weight excluding hydrogens is 408 g/mol. The fourth-order valence-electron chi connectivity index (χ4n) is 3.04. The summed E-state index contributed by atoms with van der Waals surface area (Å²) in [6.07, 6.45) is 0.768. The maximum atomic E-state index is 12.2. The van der Waals surface area contributed by atoms with Gasteiger partial charge in [-0.15, -0.1) is 0 Å². The van der Waals surface area contributed by atoms with Crippen LogP contribution in [0, 0.1) is 0 Å². The molecule has 8 heteroatoms. The minimum absolute atomic E-state index is 0.00193. The van der Waals surface area contributed by atoms with Gasteiger partial charge >= 0.3 is 0 Å². The van der Waals surface area contributed by atoms with Gasteiger partial charge in [-0.1, -0.05) is 18.2 Å². The van der Waals surface area contributed by atoms with Crippen molar-refractivity contribution in [3.63, 3.8) is 0 Å². The lowest BCUT2D eigenvalue weighted by Crippen LogP contribution is -2.38. The summed E-state index contributed by atoms with van der Waals surface area (Å²) in [5.74, 6) is 1.91. The average molecular weight is 443 g/mol. The summed E-state index contributed by atoms with van der Waals surface area (Å²) in [6.45, 7) is 4.08. The van der Waals surface area contributed by atoms with Crippen LogP contribution in [0.1, 0.15) is 28.4 Å². The molecule has 0 bridgehead atoms. The number of guanidine groups is 1. The van der Waals surface area contributed by atoms with Gasteiger partial charge in [0.25, 0.3) is 5.91 Å². The molecule has 0 atom stereocenters. The quantitative estimate of drug-likeness (QED) is 0.364. The predicted molar refractivity (Wildman–Crippen MR) is 127 cm³/mol. The van der Waals surface area contributed by atoms with Crippen LogP contribution in [0.2, 0.25) is 0 Å². The molecule has 0 saturated carbocycles. The molecule has 0 aliphatic rings. The van der Waals surface area contributed by atoms with Crippen LogP contribution in [0.4, 0.5) is 0 Å². The van der Waals surface area contributed by atoms with Crippen molar-refractivity contribution in [1.82, 2.24) is 15.5 Å². The molecule has 0 fully saturated rings. The summed E-state index contributed by atoms with van der Waals surface area (Å²) in [6, 6.07) is 13.3. The first kappa shape index (κ1) is 25.0. The molecule has 2 aromatic carbocycles. The van der Waals surface area contributed by atoms with Crippen molar-refractivity contribution in [3.8, 4) is 11.5 Å². The minimum atomic E-state index is -0.0524. The minimum Gasteiger partial charge on any atom is -0.493 e. The van der Waals surface area contributed by atoms with E-state index in [0.29, 0.717) is 36.1 Å². The Morgan fingerprint density at radius 1 is 1.09 bits per heavy atom. The van der Waals surface area contributed by atoms with Gasteiger partial charge < -0.3 is 30.1 Å². The number of aliphatic hydroxyl groups excluding tert-OH is 1. The predicted octanol–water partition coefficient (Wildman–Crippen LogP) is 2.07. The molecule has 0 heterocycles. The van der Waals surface area contributed by atoms with Gasteiger partial charge in [-0.2, -0.15) is 0 Å². The molecule has 8 nitrogen and oxygen atoms in total. The molecule has 0 aromatic heterocycles. The Labute approximate surface area is 190 Å². The van der Waals surface area contributed by atoms with Crippen molar-refractivity contribution >= 4 is 11.9 Å². The summed E-state index contributed by atoms with van der Waals surface area (Å²) in [5, 5.41) is 15.5. The average Bonchev–Trinajstić information content (AvgIpc) is 2.81. The van der Waals surface area contributed by atoms with Gasteiger partial charge in [0.1, 0.15) is 6.61 Å². The van der Waals surface area contributed by atoms with Crippen LogP contribution in [0.5, 0.6) is 11.5 Å². The molecule has 0 radical (unpaired) electrons. The zero-order valence-corrected chi connectivity index (χ0v) is 19.4. The number of rotatable bonds is 11. The Bertz CT molecular complexity index is 899. The summed E-state index contributed by atoms with van der Waals surface area (Å²) in [5.41, 5.74) is 2.75. The fourth-order valence-corrected chi connectivity index (χ4v) is 3.04. The summed E-state index contributed by atoms with van der Waals surface area (Å²) >= 11 is 0. The van der Waals surface area contributed by atoms with Crippen molar-refractivity contribution in [3.05, 3.63) is 59.2 Å². The molecule has 174 valence electrons. The van der Waals surface area contributed by atoms with Gasteiger partial charge in [-0.25, -0.2) is 4.99 Å². The second kappa shape index (κ2) is 13.2. The molecule has 0 aliphatic heterocycles. The first-order valence-electron chi connectivity index (χ1n) is 10.7. The van der Waals surface area contributed by atoms with Crippen LogP contribution in [-0.4, -0.2) is 69.4 Å². The third-order valence-electron chi connectivity index (χ3n) is 4.63. The third-order valence-corrected chi connectivity index (χ3v) is 4.63. The Morgan fingerprint density at radius 3 is 2.59 bits per heavy atom. The SMILES string of the molecule is CCNC(=NCc1ccc(OCCO)c(OC)c1)NCCc1cccc(C(=O)N(C)C)c1. The standard InChI is InChI=1S/C24H34N4O4/c1-5-25-24(26-12-11-18-7-6-8-20(15-18)23(30)28(2)3)27-17-19-9-10-21(32-14-13-29)22(16-19)31-4/h6-10,15-16,29H,5,11-14,17H2,1-4H3,(H2,25,26,27). The summed E-state index contributed by atoms with van der Waals surface area (Å²) in [7, 11) is 5.09. The van der Waals surface area contributed by atoms with Gasteiger partial charge in [-0.05, 0) is 48.7 Å². The monoisotopic (exact) mass is 442 g/mol. The lowest BCUT2D eigenvalue weighted by molar-refractivity contribution is 0.0827. The molecule has 2 rings (SSSR count). The summed E-state index contributed by atoms with van der Waals surface area (Å²) < 4.78 is 10.8. The zero-order valence-electron chi connectivity index (χ0n) is 19.4. The number of methoxy groups -OCH3 is 1. The smallest absolute Gasteiger partial charge is 0.253 e. The molecule has 1 amide bonds. The second-order valence-corrected chi connectivity index (χ2v) is 7.33. The van der Waals surface area contributed by atoms with Crippen molar-refractivity contribution in [2.45, 2.75) is 19.9 Å². The second-order valence-electron chi connectivity index (χ2n) is 7.33. The van der Waals surface area contributed by atoms with E-state index in [0.717, 1.165) is 24.1 Å². The maximum absolute atomic E-state index is 12.2. The Morgan fingerprint density at radius 2 is 1.91 bits per heavy atom. The van der Waals surface area contributed by atoms with Gasteiger partial charge in [0, 0.05) is 32.7 Å². The third kappa shape index (κ3) is 7.77. The molecule has 3 N–H and O–H groups in total. The van der Waals surface area contributed by atoms with Crippen LogP contribution in [0.15, 0.2) is 47.5 Å². The highest BCUT2D eigenvalue weighted by Crippen LogP contribution is 2.28. The van der Waals surface area contributed by atoms with Gasteiger partial charge in [0.15, 0.2) is 17.5 Å². The number of hydrogen-bond donors (Lipinski definition) is 3. The summed E-state index contributed by atoms with van der Waals surface area (Å²) in [4.78, 5) is 18.4. The normalized spacial score (nSPS) is 11.1. The lowest BCUT2D eigenvalue weighted by Gasteiger charge is -2.13. The number of carbonyl (C=O) groups is 1. The first-order chi connectivity index (χ1) is 15.5. The maximum Gasteiger partial charge on any atom is 0.253 e. The number of nitrogens with zero attached hydrogens (tertiary/aromatic N) is 2. The highest BCUT2D eigenvalue weighted by molar-refractivity contribution is 5.94.